The zero-order chi connectivity index (χ0) is 56.4. The topological polar surface area (TPSA) is 297 Å². The summed E-state index contributed by atoms with van der Waals surface area (Å²) >= 11 is 0. The fourth-order valence-electron chi connectivity index (χ4n) is 7.68. The number of nitrogens with zero attached hydrogens (tertiary/aromatic N) is 3. The highest BCUT2D eigenvalue weighted by Crippen LogP contribution is 2.40. The number of benzene rings is 2. The average Bonchev–Trinajstić information content (AvgIpc) is 3.39. The van der Waals surface area contributed by atoms with Crippen molar-refractivity contribution in [1.29, 1.82) is 0 Å². The molecule has 1 aromatic heterocycles. The molecule has 0 fully saturated rings. The van der Waals surface area contributed by atoms with Crippen LogP contribution in [-0.4, -0.2) is 172 Å². The second kappa shape index (κ2) is 37.1. The fraction of sp³-hybridized carbons (Fsp3) is 0.648. The minimum atomic E-state index is -0.886. The van der Waals surface area contributed by atoms with E-state index in [1.54, 1.807) is 13.0 Å². The number of fused-ring (bicyclic) bond motifs is 1. The maximum atomic E-state index is 13.7. The molecule has 23 nitrogen and oxygen atoms in total. The SMILES string of the molecule is CCN(CC)c1ccc2cc(C(=O)CCCOCCOCCOCCOCCOCCOCCOCCOCCC(=O)NC(CCCN=C(N)N)C(=O)CC(C)c3cc(OC(C)(C)C)c(OC)cc3[N+](=O)[O-])c(=O)oc2c1. The van der Waals surface area contributed by atoms with E-state index >= 15 is 0 Å². The normalized spacial score (nSPS) is 12.3. The largest absolute Gasteiger partial charge is 0.493 e. The molecule has 1 heterocycles. The predicted molar refractivity (Wildman–Crippen MR) is 291 cm³/mol. The van der Waals surface area contributed by atoms with Crippen LogP contribution in [-0.2, 0) is 47.5 Å². The number of rotatable bonds is 44. The molecule has 2 unspecified atom stereocenters. The molecule has 77 heavy (non-hydrogen) atoms. The van der Waals surface area contributed by atoms with Crippen LogP contribution in [0, 0.1) is 10.1 Å². The van der Waals surface area contributed by atoms with E-state index in [0.717, 1.165) is 18.8 Å². The quantitative estimate of drug-likeness (QED) is 0.0119. The number of nitro groups is 1. The van der Waals surface area contributed by atoms with E-state index in [9.17, 15) is 29.3 Å². The molecule has 0 aliphatic rings. The highest BCUT2D eigenvalue weighted by molar-refractivity contribution is 5.98. The smallest absolute Gasteiger partial charge is 0.347 e. The number of ketones is 2. The highest BCUT2D eigenvalue weighted by atomic mass is 16.6. The van der Waals surface area contributed by atoms with Crippen molar-refractivity contribution in [1.82, 2.24) is 5.32 Å². The number of hydrogen-bond acceptors (Lipinski definition) is 19. The van der Waals surface area contributed by atoms with Gasteiger partial charge in [0.05, 0.1) is 123 Å². The van der Waals surface area contributed by atoms with Crippen LogP contribution in [0.25, 0.3) is 11.0 Å². The summed E-state index contributed by atoms with van der Waals surface area (Å²) in [4.78, 5) is 69.5. The van der Waals surface area contributed by atoms with Gasteiger partial charge in [-0.15, -0.1) is 0 Å². The lowest BCUT2D eigenvalue weighted by Crippen LogP contribution is -2.41. The van der Waals surface area contributed by atoms with Crippen LogP contribution in [0.2, 0.25) is 0 Å². The number of nitro benzene ring substituents is 1. The van der Waals surface area contributed by atoms with Crippen molar-refractivity contribution in [3.8, 4) is 11.5 Å². The Hall–Kier alpha value is -5.79. The number of guanidine groups is 1. The van der Waals surface area contributed by atoms with Crippen molar-refractivity contribution in [3.05, 3.63) is 68.1 Å². The monoisotopic (exact) mass is 1090 g/mol. The van der Waals surface area contributed by atoms with Gasteiger partial charge in [0.25, 0.3) is 5.69 Å². The molecule has 0 radical (unpaired) electrons. The van der Waals surface area contributed by atoms with Crippen LogP contribution in [0.5, 0.6) is 11.5 Å². The Morgan fingerprint density at radius 2 is 1.27 bits per heavy atom. The molecule has 23 heteroatoms. The first kappa shape index (κ1) is 65.5. The second-order valence-electron chi connectivity index (χ2n) is 18.7. The van der Waals surface area contributed by atoms with Crippen molar-refractivity contribution < 1.29 is 71.1 Å². The number of Topliss-reactive ketones (excluding diaryl/α,β-unsaturated/α-hetero) is 2. The molecule has 2 aromatic carbocycles. The van der Waals surface area contributed by atoms with E-state index in [1.165, 1.54) is 19.2 Å². The van der Waals surface area contributed by atoms with Crippen LogP contribution >= 0.6 is 0 Å². The first-order valence-electron chi connectivity index (χ1n) is 26.4. The summed E-state index contributed by atoms with van der Waals surface area (Å²) in [6.45, 7) is 19.0. The number of amides is 1. The van der Waals surface area contributed by atoms with Crippen molar-refractivity contribution in [2.24, 2.45) is 16.5 Å². The van der Waals surface area contributed by atoms with E-state index in [4.69, 9.17) is 63.3 Å². The predicted octanol–water partition coefficient (Wildman–Crippen LogP) is 5.52. The van der Waals surface area contributed by atoms with Crippen LogP contribution in [0.4, 0.5) is 11.4 Å². The van der Waals surface area contributed by atoms with Crippen LogP contribution in [0.3, 0.4) is 0 Å². The Bertz CT molecular complexity index is 2320. The molecule has 0 aliphatic heterocycles. The first-order chi connectivity index (χ1) is 37.0. The van der Waals surface area contributed by atoms with Gasteiger partial charge >= 0.3 is 5.63 Å². The van der Waals surface area contributed by atoms with E-state index in [2.05, 4.69) is 29.1 Å². The molecular weight excluding hydrogens is 1000 g/mol. The summed E-state index contributed by atoms with van der Waals surface area (Å²) in [7, 11) is 1.40. The van der Waals surface area contributed by atoms with E-state index in [-0.39, 0.29) is 86.6 Å². The second-order valence-corrected chi connectivity index (χ2v) is 18.7. The van der Waals surface area contributed by atoms with Gasteiger partial charge in [-0.25, -0.2) is 4.79 Å². The van der Waals surface area contributed by atoms with Crippen LogP contribution < -0.4 is 36.8 Å². The molecule has 0 aliphatic carbocycles. The summed E-state index contributed by atoms with van der Waals surface area (Å²) < 4.78 is 61.2. The molecule has 0 bridgehead atoms. The number of carbonyl (C=O) groups excluding carboxylic acids is 3. The maximum Gasteiger partial charge on any atom is 0.347 e. The molecule has 3 rings (SSSR count). The molecule has 5 N–H and O–H groups in total. The number of ether oxygens (including phenoxy) is 10. The third-order valence-corrected chi connectivity index (χ3v) is 11.6. The molecule has 2 atom stereocenters. The summed E-state index contributed by atoms with van der Waals surface area (Å²) in [5.41, 5.74) is 11.2. The molecule has 3 aromatic rings. The zero-order valence-electron chi connectivity index (χ0n) is 46.2. The van der Waals surface area contributed by atoms with E-state index < -0.39 is 34.0 Å². The third kappa shape index (κ3) is 26.4. The number of nitrogens with one attached hydrogen (secondary N) is 1. The van der Waals surface area contributed by atoms with Crippen LogP contribution in [0.1, 0.15) is 102 Å². The summed E-state index contributed by atoms with van der Waals surface area (Å²) in [6.07, 6.45) is 1.19. The number of methoxy groups -OCH3 is 1. The van der Waals surface area contributed by atoms with Crippen molar-refractivity contribution in [2.75, 3.05) is 137 Å². The minimum Gasteiger partial charge on any atom is -0.493 e. The number of aliphatic imine (C=N–C) groups is 1. The molecule has 0 saturated heterocycles. The lowest BCUT2D eigenvalue weighted by Gasteiger charge is -2.24. The van der Waals surface area contributed by atoms with Gasteiger partial charge in [-0.1, -0.05) is 6.92 Å². The van der Waals surface area contributed by atoms with Gasteiger partial charge in [-0.2, -0.15) is 0 Å². The van der Waals surface area contributed by atoms with Gasteiger partial charge in [0.1, 0.15) is 16.7 Å². The average molecular weight is 1090 g/mol. The van der Waals surface area contributed by atoms with Gasteiger partial charge in [0, 0.05) is 68.2 Å². The van der Waals surface area contributed by atoms with Gasteiger partial charge in [0.15, 0.2) is 29.0 Å². The first-order valence-corrected chi connectivity index (χ1v) is 26.4. The molecular formula is C54H84N6O17. The Kier molecular flexibility index (Phi) is 31.6. The Balaban J connectivity index is 1.14. The summed E-state index contributed by atoms with van der Waals surface area (Å²) in [6, 6.07) is 9.21. The molecule has 1 amide bonds. The maximum absolute atomic E-state index is 13.7. The Morgan fingerprint density at radius 1 is 0.740 bits per heavy atom. The van der Waals surface area contributed by atoms with Crippen molar-refractivity contribution in [2.45, 2.75) is 97.6 Å². The highest BCUT2D eigenvalue weighted by Gasteiger charge is 2.29. The van der Waals surface area contributed by atoms with Gasteiger partial charge in [-0.3, -0.25) is 29.5 Å². The molecule has 0 spiro atoms. The number of anilines is 1. The number of nitrogens with two attached hydrogens (primary N) is 2. The van der Waals surface area contributed by atoms with Crippen molar-refractivity contribution in [3.63, 3.8) is 0 Å². The van der Waals surface area contributed by atoms with Gasteiger partial charge < -0.3 is 73.5 Å². The third-order valence-electron chi connectivity index (χ3n) is 11.6. The van der Waals surface area contributed by atoms with E-state index in [0.29, 0.717) is 121 Å². The number of carbonyl (C=O) groups is 3. The number of hydrogen-bond donors (Lipinski definition) is 3. The lowest BCUT2D eigenvalue weighted by atomic mass is 9.90. The van der Waals surface area contributed by atoms with Crippen LogP contribution in [0.15, 0.2) is 50.6 Å². The Morgan fingerprint density at radius 3 is 1.77 bits per heavy atom. The van der Waals surface area contributed by atoms with Crippen molar-refractivity contribution >= 4 is 45.8 Å². The summed E-state index contributed by atoms with van der Waals surface area (Å²) in [5, 5.41) is 15.6. The van der Waals surface area contributed by atoms with Gasteiger partial charge in [0.2, 0.25) is 5.91 Å². The standard InChI is InChI=1S/C54H84N6O17/c1-8-59(9-2)41-15-14-40-35-43(52(64)76-48(40)36-41)46(61)13-11-18-68-20-22-70-24-26-72-28-30-74-32-33-75-31-29-73-27-25-71-23-21-69-19-16-51(63)58-44(12-10-17-57-53(55)56)47(62)34-39(3)42-37-50(77-54(4,5)6)49(67-7)38-45(42)60(65)66/h14-15,35-39,44H,8-13,16-34H2,1-7H3,(H,58,63)(H4,55,56,57). The summed E-state index contributed by atoms with van der Waals surface area (Å²) in [5.74, 6) is -1.16. The van der Waals surface area contributed by atoms with E-state index in [1.807, 2.05) is 39.0 Å². The minimum absolute atomic E-state index is 0.00608. The zero-order valence-corrected chi connectivity index (χ0v) is 46.2. The Labute approximate surface area is 452 Å². The van der Waals surface area contributed by atoms with Gasteiger partial charge in [-0.05, 0) is 84.1 Å². The molecule has 0 saturated carbocycles. The molecule has 432 valence electrons. The lowest BCUT2D eigenvalue weighted by molar-refractivity contribution is -0.385. The fourth-order valence-corrected chi connectivity index (χ4v) is 7.68.